The number of ether oxygens (including phenoxy) is 1. The highest BCUT2D eigenvalue weighted by Crippen LogP contribution is 2.48. The molecule has 1 aliphatic carbocycles. The van der Waals surface area contributed by atoms with Crippen LogP contribution in [-0.4, -0.2) is 39.3 Å². The molecule has 0 aliphatic heterocycles. The minimum Gasteiger partial charge on any atom is -0.383 e. The Bertz CT molecular complexity index is 447. The lowest BCUT2D eigenvalue weighted by atomic mass is 9.95. The zero-order valence-corrected chi connectivity index (χ0v) is 13.7. The third kappa shape index (κ3) is 4.85. The number of rotatable bonds is 8. The van der Waals surface area contributed by atoms with Gasteiger partial charge < -0.3 is 15.4 Å². The summed E-state index contributed by atoms with van der Waals surface area (Å²) in [6, 6.07) is 7.59. The normalized spacial score (nSPS) is 15.1. The standard InChI is InChI=1S/C15H21ClN2O2.ClH/c1-20-11-10-17-8-9-18-14(19)15(6-7-15)12-2-4-13(16)5-3-12;/h2-5,17H,6-11H2,1H3,(H,18,19);1H. The molecule has 4 nitrogen and oxygen atoms in total. The van der Waals surface area contributed by atoms with Gasteiger partial charge in [-0.2, -0.15) is 0 Å². The Kier molecular flexibility index (Phi) is 7.46. The van der Waals surface area contributed by atoms with Crippen LogP contribution in [-0.2, 0) is 14.9 Å². The van der Waals surface area contributed by atoms with Gasteiger partial charge in [-0.25, -0.2) is 0 Å². The minimum absolute atomic E-state index is 0. The molecule has 0 unspecified atom stereocenters. The maximum absolute atomic E-state index is 12.3. The number of amides is 1. The number of carbonyl (C=O) groups is 1. The zero-order chi connectivity index (χ0) is 14.4. The van der Waals surface area contributed by atoms with E-state index in [4.69, 9.17) is 16.3 Å². The van der Waals surface area contributed by atoms with E-state index in [0.29, 0.717) is 18.2 Å². The van der Waals surface area contributed by atoms with Crippen LogP contribution in [0.5, 0.6) is 0 Å². The van der Waals surface area contributed by atoms with Crippen LogP contribution in [0.4, 0.5) is 0 Å². The number of nitrogens with one attached hydrogen (secondary N) is 2. The molecule has 0 spiro atoms. The van der Waals surface area contributed by atoms with Gasteiger partial charge >= 0.3 is 0 Å². The van der Waals surface area contributed by atoms with Gasteiger partial charge in [-0.15, -0.1) is 12.4 Å². The zero-order valence-electron chi connectivity index (χ0n) is 12.2. The summed E-state index contributed by atoms with van der Waals surface area (Å²) in [4.78, 5) is 12.3. The summed E-state index contributed by atoms with van der Waals surface area (Å²) in [7, 11) is 1.67. The fraction of sp³-hybridized carbons (Fsp3) is 0.533. The van der Waals surface area contributed by atoms with Gasteiger partial charge in [-0.1, -0.05) is 23.7 Å². The molecule has 0 saturated heterocycles. The van der Waals surface area contributed by atoms with Gasteiger partial charge in [-0.3, -0.25) is 4.79 Å². The van der Waals surface area contributed by atoms with E-state index in [2.05, 4.69) is 10.6 Å². The summed E-state index contributed by atoms with van der Waals surface area (Å²) in [5.74, 6) is 0.119. The van der Waals surface area contributed by atoms with Gasteiger partial charge in [0, 0.05) is 31.8 Å². The van der Waals surface area contributed by atoms with Crippen LogP contribution in [0.1, 0.15) is 18.4 Å². The first-order valence-corrected chi connectivity index (χ1v) is 7.31. The second kappa shape index (κ2) is 8.59. The highest BCUT2D eigenvalue weighted by molar-refractivity contribution is 6.30. The van der Waals surface area contributed by atoms with Crippen molar-refractivity contribution in [1.29, 1.82) is 0 Å². The van der Waals surface area contributed by atoms with Crippen LogP contribution < -0.4 is 10.6 Å². The summed E-state index contributed by atoms with van der Waals surface area (Å²) in [5.41, 5.74) is 0.739. The van der Waals surface area contributed by atoms with E-state index in [1.807, 2.05) is 24.3 Å². The van der Waals surface area contributed by atoms with Gasteiger partial charge in [-0.05, 0) is 30.5 Å². The highest BCUT2D eigenvalue weighted by atomic mass is 35.5. The molecular formula is C15H22Cl2N2O2. The first kappa shape index (κ1) is 18.2. The van der Waals surface area contributed by atoms with Crippen molar-refractivity contribution in [2.45, 2.75) is 18.3 Å². The number of hydrogen-bond donors (Lipinski definition) is 2. The van der Waals surface area contributed by atoms with Crippen molar-refractivity contribution in [3.8, 4) is 0 Å². The minimum atomic E-state index is -0.322. The summed E-state index contributed by atoms with van der Waals surface area (Å²) >= 11 is 5.89. The second-order valence-electron chi connectivity index (χ2n) is 5.09. The van der Waals surface area contributed by atoms with Gasteiger partial charge in [0.05, 0.1) is 12.0 Å². The SMILES string of the molecule is COCCNCCNC(=O)C1(c2ccc(Cl)cc2)CC1.Cl. The van der Waals surface area contributed by atoms with E-state index in [0.717, 1.165) is 31.5 Å². The fourth-order valence-electron chi connectivity index (χ4n) is 2.27. The van der Waals surface area contributed by atoms with Crippen LogP contribution in [0.15, 0.2) is 24.3 Å². The van der Waals surface area contributed by atoms with Crippen LogP contribution in [0, 0.1) is 0 Å². The number of benzene rings is 1. The summed E-state index contributed by atoms with van der Waals surface area (Å²) in [6.07, 6.45) is 1.83. The molecule has 0 bridgehead atoms. The van der Waals surface area contributed by atoms with Crippen molar-refractivity contribution < 1.29 is 9.53 Å². The van der Waals surface area contributed by atoms with Crippen LogP contribution in [0.25, 0.3) is 0 Å². The third-order valence-corrected chi connectivity index (χ3v) is 3.90. The molecule has 0 aromatic heterocycles. The van der Waals surface area contributed by atoms with E-state index >= 15 is 0 Å². The average Bonchev–Trinajstić information content (AvgIpc) is 3.25. The van der Waals surface area contributed by atoms with Gasteiger partial charge in [0.15, 0.2) is 0 Å². The molecule has 1 aromatic rings. The van der Waals surface area contributed by atoms with E-state index in [9.17, 15) is 4.79 Å². The third-order valence-electron chi connectivity index (χ3n) is 3.65. The smallest absolute Gasteiger partial charge is 0.230 e. The highest BCUT2D eigenvalue weighted by Gasteiger charge is 2.50. The average molecular weight is 333 g/mol. The molecule has 0 radical (unpaired) electrons. The quantitative estimate of drug-likeness (QED) is 0.717. The first-order chi connectivity index (χ1) is 9.69. The Morgan fingerprint density at radius 1 is 1.24 bits per heavy atom. The molecule has 1 aromatic carbocycles. The van der Waals surface area contributed by atoms with E-state index in [1.165, 1.54) is 0 Å². The molecule has 2 rings (SSSR count). The van der Waals surface area contributed by atoms with Crippen LogP contribution >= 0.6 is 24.0 Å². The predicted octanol–water partition coefficient (Wildman–Crippen LogP) is 2.15. The molecule has 1 saturated carbocycles. The molecule has 21 heavy (non-hydrogen) atoms. The predicted molar refractivity (Wildman–Crippen MR) is 87.4 cm³/mol. The topological polar surface area (TPSA) is 50.4 Å². The maximum Gasteiger partial charge on any atom is 0.230 e. The van der Waals surface area contributed by atoms with Gasteiger partial charge in [0.1, 0.15) is 0 Å². The number of carbonyl (C=O) groups excluding carboxylic acids is 1. The fourth-order valence-corrected chi connectivity index (χ4v) is 2.40. The summed E-state index contributed by atoms with van der Waals surface area (Å²) < 4.78 is 4.94. The van der Waals surface area contributed by atoms with Crippen molar-refractivity contribution in [3.05, 3.63) is 34.9 Å². The molecule has 0 atom stereocenters. The van der Waals surface area contributed by atoms with Crippen molar-refractivity contribution in [2.24, 2.45) is 0 Å². The molecule has 1 fully saturated rings. The van der Waals surface area contributed by atoms with E-state index in [1.54, 1.807) is 7.11 Å². The molecule has 2 N–H and O–H groups in total. The van der Waals surface area contributed by atoms with Crippen molar-refractivity contribution >= 4 is 29.9 Å². The monoisotopic (exact) mass is 332 g/mol. The first-order valence-electron chi connectivity index (χ1n) is 6.93. The van der Waals surface area contributed by atoms with Gasteiger partial charge in [0.2, 0.25) is 5.91 Å². The second-order valence-corrected chi connectivity index (χ2v) is 5.52. The van der Waals surface area contributed by atoms with Crippen LogP contribution in [0.3, 0.4) is 0 Å². The Hall–Kier alpha value is -0.810. The number of hydrogen-bond acceptors (Lipinski definition) is 3. The van der Waals surface area contributed by atoms with Crippen molar-refractivity contribution in [1.82, 2.24) is 10.6 Å². The Balaban J connectivity index is 0.00000220. The summed E-state index contributed by atoms with van der Waals surface area (Å²) in [6.45, 7) is 2.88. The lowest BCUT2D eigenvalue weighted by Crippen LogP contribution is -2.39. The largest absolute Gasteiger partial charge is 0.383 e. The molecular weight excluding hydrogens is 311 g/mol. The molecule has 6 heteroatoms. The van der Waals surface area contributed by atoms with E-state index < -0.39 is 0 Å². The Morgan fingerprint density at radius 3 is 2.48 bits per heavy atom. The van der Waals surface area contributed by atoms with Crippen molar-refractivity contribution in [2.75, 3.05) is 33.4 Å². The maximum atomic E-state index is 12.3. The van der Waals surface area contributed by atoms with E-state index in [-0.39, 0.29) is 23.7 Å². The molecule has 0 heterocycles. The lowest BCUT2D eigenvalue weighted by Gasteiger charge is -2.16. The Morgan fingerprint density at radius 2 is 1.90 bits per heavy atom. The van der Waals surface area contributed by atoms with Crippen molar-refractivity contribution in [3.63, 3.8) is 0 Å². The number of halogens is 2. The lowest BCUT2D eigenvalue weighted by molar-refractivity contribution is -0.123. The van der Waals surface area contributed by atoms with Gasteiger partial charge in [0.25, 0.3) is 0 Å². The molecule has 1 amide bonds. The summed E-state index contributed by atoms with van der Waals surface area (Å²) in [5, 5.41) is 6.91. The molecule has 1 aliphatic rings. The molecule has 118 valence electrons. The van der Waals surface area contributed by atoms with Crippen LogP contribution in [0.2, 0.25) is 5.02 Å². The Labute approximate surface area is 137 Å². The number of methoxy groups -OCH3 is 1.